The van der Waals surface area contributed by atoms with Crippen LogP contribution in [0.4, 0.5) is 0 Å². The van der Waals surface area contributed by atoms with E-state index >= 15 is 0 Å². The number of ether oxygens (including phenoxy) is 2. The van der Waals surface area contributed by atoms with Gasteiger partial charge in [-0.05, 0) is 12.5 Å². The van der Waals surface area contributed by atoms with Gasteiger partial charge in [0.1, 0.15) is 12.2 Å². The van der Waals surface area contributed by atoms with Crippen molar-refractivity contribution in [2.24, 2.45) is 0 Å². The highest BCUT2D eigenvalue weighted by molar-refractivity contribution is 5.13. The minimum Gasteiger partial charge on any atom is -0.394 e. The number of rotatable bonds is 5. The molecular weight excluding hydrogens is 192 g/mol. The molecular formula is C12H16O3. The third-order valence-electron chi connectivity index (χ3n) is 2.62. The van der Waals surface area contributed by atoms with Crippen LogP contribution >= 0.6 is 0 Å². The lowest BCUT2D eigenvalue weighted by molar-refractivity contribution is 0.0340. The lowest BCUT2D eigenvalue weighted by Gasteiger charge is -2.10. The maximum atomic E-state index is 8.83. The fourth-order valence-corrected chi connectivity index (χ4v) is 1.61. The molecule has 2 rings (SSSR count). The third-order valence-corrected chi connectivity index (χ3v) is 2.62. The summed E-state index contributed by atoms with van der Waals surface area (Å²) in [6, 6.07) is 10.0. The van der Waals surface area contributed by atoms with E-state index in [1.807, 2.05) is 37.3 Å². The molecule has 1 N–H and O–H groups in total. The Hall–Kier alpha value is -0.900. The van der Waals surface area contributed by atoms with Crippen molar-refractivity contribution < 1.29 is 14.6 Å². The van der Waals surface area contributed by atoms with Gasteiger partial charge in [0.05, 0.1) is 19.3 Å². The summed E-state index contributed by atoms with van der Waals surface area (Å²) in [4.78, 5) is 0. The van der Waals surface area contributed by atoms with E-state index in [0.29, 0.717) is 6.61 Å². The van der Waals surface area contributed by atoms with Crippen LogP contribution in [0.5, 0.6) is 0 Å². The van der Waals surface area contributed by atoms with Crippen LogP contribution in [0.1, 0.15) is 12.5 Å². The molecule has 1 aliphatic heterocycles. The van der Waals surface area contributed by atoms with Gasteiger partial charge in [-0.3, -0.25) is 0 Å². The van der Waals surface area contributed by atoms with Crippen LogP contribution in [-0.2, 0) is 16.1 Å². The Labute approximate surface area is 89.6 Å². The molecule has 0 bridgehead atoms. The van der Waals surface area contributed by atoms with E-state index in [1.54, 1.807) is 0 Å². The number of benzene rings is 1. The molecule has 1 aliphatic rings. The number of aliphatic hydroxyl groups is 1. The van der Waals surface area contributed by atoms with Crippen LogP contribution in [0.3, 0.4) is 0 Å². The molecule has 82 valence electrons. The Morgan fingerprint density at radius 3 is 2.73 bits per heavy atom. The average molecular weight is 208 g/mol. The number of epoxide rings is 1. The summed E-state index contributed by atoms with van der Waals surface area (Å²) >= 11 is 0. The first-order valence-electron chi connectivity index (χ1n) is 5.23. The summed E-state index contributed by atoms with van der Waals surface area (Å²) < 4.78 is 10.9. The smallest absolute Gasteiger partial charge is 0.112 e. The molecule has 15 heavy (non-hydrogen) atoms. The molecule has 0 aliphatic carbocycles. The summed E-state index contributed by atoms with van der Waals surface area (Å²) in [7, 11) is 0. The zero-order valence-corrected chi connectivity index (χ0v) is 8.80. The monoisotopic (exact) mass is 208 g/mol. The lowest BCUT2D eigenvalue weighted by atomic mass is 10.2. The number of hydrogen-bond donors (Lipinski definition) is 1. The minimum absolute atomic E-state index is 0.0178. The molecule has 0 amide bonds. The topological polar surface area (TPSA) is 42.0 Å². The Balaban J connectivity index is 1.74. The fourth-order valence-electron chi connectivity index (χ4n) is 1.61. The summed E-state index contributed by atoms with van der Waals surface area (Å²) in [6.45, 7) is 2.66. The maximum absolute atomic E-state index is 8.83. The highest BCUT2D eigenvalue weighted by Gasteiger charge is 2.42. The zero-order valence-electron chi connectivity index (χ0n) is 8.80. The third kappa shape index (κ3) is 2.78. The number of hydrogen-bond acceptors (Lipinski definition) is 3. The largest absolute Gasteiger partial charge is 0.394 e. The van der Waals surface area contributed by atoms with Gasteiger partial charge in [-0.15, -0.1) is 0 Å². The molecule has 3 atom stereocenters. The molecule has 1 aromatic rings. The fraction of sp³-hybridized carbons (Fsp3) is 0.500. The first-order valence-corrected chi connectivity index (χ1v) is 5.23. The molecule has 1 heterocycles. The lowest BCUT2D eigenvalue weighted by Crippen LogP contribution is -2.18. The summed E-state index contributed by atoms with van der Waals surface area (Å²) in [5.41, 5.74) is 1.16. The van der Waals surface area contributed by atoms with Gasteiger partial charge in [-0.2, -0.15) is 0 Å². The quantitative estimate of drug-likeness (QED) is 0.743. The molecule has 1 fully saturated rings. The van der Waals surface area contributed by atoms with Gasteiger partial charge >= 0.3 is 0 Å². The normalized spacial score (nSPS) is 26.3. The Kier molecular flexibility index (Phi) is 3.36. The van der Waals surface area contributed by atoms with E-state index in [9.17, 15) is 0 Å². The van der Waals surface area contributed by atoms with Crippen LogP contribution in [0.15, 0.2) is 30.3 Å². The number of aliphatic hydroxyl groups excluding tert-OH is 1. The molecule has 0 radical (unpaired) electrons. The van der Waals surface area contributed by atoms with Crippen LogP contribution < -0.4 is 0 Å². The first-order chi connectivity index (χ1) is 7.31. The second-order valence-electron chi connectivity index (χ2n) is 3.82. The van der Waals surface area contributed by atoms with Gasteiger partial charge in [0.2, 0.25) is 0 Å². The molecule has 0 saturated carbocycles. The van der Waals surface area contributed by atoms with Crippen molar-refractivity contribution in [3.8, 4) is 0 Å². The maximum Gasteiger partial charge on any atom is 0.112 e. The minimum atomic E-state index is -0.0178. The van der Waals surface area contributed by atoms with E-state index in [0.717, 1.165) is 5.56 Å². The van der Waals surface area contributed by atoms with Crippen molar-refractivity contribution in [3.63, 3.8) is 0 Å². The zero-order chi connectivity index (χ0) is 10.7. The Morgan fingerprint density at radius 2 is 2.13 bits per heavy atom. The van der Waals surface area contributed by atoms with E-state index in [1.165, 1.54) is 0 Å². The summed E-state index contributed by atoms with van der Waals surface area (Å²) in [6.07, 6.45) is 0.0943. The van der Waals surface area contributed by atoms with Gasteiger partial charge in [-0.1, -0.05) is 30.3 Å². The Bertz CT molecular complexity index is 299. The highest BCUT2D eigenvalue weighted by Crippen LogP contribution is 2.26. The predicted molar refractivity (Wildman–Crippen MR) is 56.4 cm³/mol. The van der Waals surface area contributed by atoms with E-state index in [4.69, 9.17) is 14.6 Å². The van der Waals surface area contributed by atoms with Crippen LogP contribution in [0.25, 0.3) is 0 Å². The molecule has 1 saturated heterocycles. The summed E-state index contributed by atoms with van der Waals surface area (Å²) in [5.74, 6) is 0. The van der Waals surface area contributed by atoms with Crippen molar-refractivity contribution in [2.45, 2.75) is 31.8 Å². The van der Waals surface area contributed by atoms with Crippen molar-refractivity contribution in [3.05, 3.63) is 35.9 Å². The standard InChI is InChI=1S/C12H16O3/c1-9(12-11(7-13)15-12)14-8-10-5-3-2-4-6-10/h2-6,9,11-13H,7-8H2,1H3/t9-,11-,12+/m0/s1. The van der Waals surface area contributed by atoms with E-state index in [2.05, 4.69) is 0 Å². The molecule has 0 aromatic heterocycles. The van der Waals surface area contributed by atoms with Gasteiger partial charge in [-0.25, -0.2) is 0 Å². The van der Waals surface area contributed by atoms with Crippen LogP contribution in [-0.4, -0.2) is 30.0 Å². The summed E-state index contributed by atoms with van der Waals surface area (Å²) in [5, 5.41) is 8.83. The van der Waals surface area contributed by atoms with Crippen molar-refractivity contribution >= 4 is 0 Å². The molecule has 3 nitrogen and oxygen atoms in total. The Morgan fingerprint density at radius 1 is 1.40 bits per heavy atom. The highest BCUT2D eigenvalue weighted by atomic mass is 16.6. The second-order valence-corrected chi connectivity index (χ2v) is 3.82. The van der Waals surface area contributed by atoms with Crippen LogP contribution in [0.2, 0.25) is 0 Å². The molecule has 3 heteroatoms. The van der Waals surface area contributed by atoms with E-state index in [-0.39, 0.29) is 24.9 Å². The first kappa shape index (κ1) is 10.6. The van der Waals surface area contributed by atoms with Crippen molar-refractivity contribution in [1.82, 2.24) is 0 Å². The molecule has 1 aromatic carbocycles. The molecule has 0 spiro atoms. The van der Waals surface area contributed by atoms with Gasteiger partial charge in [0.15, 0.2) is 0 Å². The second kappa shape index (κ2) is 4.75. The van der Waals surface area contributed by atoms with Gasteiger partial charge < -0.3 is 14.6 Å². The van der Waals surface area contributed by atoms with E-state index < -0.39 is 0 Å². The van der Waals surface area contributed by atoms with Crippen molar-refractivity contribution in [2.75, 3.05) is 6.61 Å². The van der Waals surface area contributed by atoms with Crippen LogP contribution in [0, 0.1) is 0 Å². The van der Waals surface area contributed by atoms with Crippen molar-refractivity contribution in [1.29, 1.82) is 0 Å². The molecule has 0 unspecified atom stereocenters. The SMILES string of the molecule is C[C@H](OCc1ccccc1)[C@H]1O[C@H]1CO. The predicted octanol–water partition coefficient (Wildman–Crippen LogP) is 1.35. The van der Waals surface area contributed by atoms with Gasteiger partial charge in [0.25, 0.3) is 0 Å². The van der Waals surface area contributed by atoms with Gasteiger partial charge in [0, 0.05) is 0 Å². The average Bonchev–Trinajstić information content (AvgIpc) is 3.06.